The molecule has 0 aliphatic carbocycles. The molecule has 1 amide bonds. The van der Waals surface area contributed by atoms with Gasteiger partial charge in [-0.25, -0.2) is 0 Å². The average molecular weight is 310 g/mol. The zero-order valence-electron chi connectivity index (χ0n) is 12.2. The number of carbonyl (C=O) groups is 1. The normalized spacial score (nSPS) is 26.2. The van der Waals surface area contributed by atoms with Crippen molar-refractivity contribution in [1.29, 1.82) is 0 Å². The van der Waals surface area contributed by atoms with Crippen LogP contribution in [0, 0.1) is 0 Å². The third-order valence-electron chi connectivity index (χ3n) is 4.19. The van der Waals surface area contributed by atoms with Crippen LogP contribution < -0.4 is 4.90 Å². The molecule has 114 valence electrons. The molecule has 2 atom stereocenters. The molecule has 2 aliphatic heterocycles. The molecule has 1 aromatic rings. The number of piperazine rings is 1. The molecule has 0 spiro atoms. The van der Waals surface area contributed by atoms with Crippen LogP contribution in [-0.4, -0.2) is 54.2 Å². The molecule has 0 bridgehead atoms. The smallest absolute Gasteiger partial charge is 0.251 e. The first-order valence-electron chi connectivity index (χ1n) is 7.44. The van der Waals surface area contributed by atoms with Gasteiger partial charge in [-0.05, 0) is 25.8 Å². The van der Waals surface area contributed by atoms with Gasteiger partial charge in [-0.2, -0.15) is 0 Å². The Labute approximate surface area is 129 Å². The van der Waals surface area contributed by atoms with E-state index >= 15 is 0 Å². The molecule has 2 aliphatic rings. The van der Waals surface area contributed by atoms with Gasteiger partial charge in [-0.1, -0.05) is 11.6 Å². The Morgan fingerprint density at radius 1 is 1.33 bits per heavy atom. The minimum atomic E-state index is -0.240. The minimum Gasteiger partial charge on any atom is -0.367 e. The molecule has 2 saturated heterocycles. The summed E-state index contributed by atoms with van der Waals surface area (Å²) in [6.07, 6.45) is 5.18. The number of carbonyl (C=O) groups excluding carboxylic acids is 1. The standard InChI is InChI=1S/C15H20ClN3O2/c1-11-2-3-14(21-11)15(20)19-8-6-18(7-9-19)13-4-5-17-10-12(13)16/h4-5,10-11,14H,2-3,6-9H2,1H3/t11-,14-/m1/s1. The van der Waals surface area contributed by atoms with Gasteiger partial charge in [0.2, 0.25) is 0 Å². The van der Waals surface area contributed by atoms with E-state index in [1.54, 1.807) is 12.4 Å². The fourth-order valence-electron chi connectivity index (χ4n) is 2.98. The maximum atomic E-state index is 12.4. The van der Waals surface area contributed by atoms with Crippen molar-refractivity contribution in [2.75, 3.05) is 31.1 Å². The molecular formula is C15H20ClN3O2. The second kappa shape index (κ2) is 6.20. The van der Waals surface area contributed by atoms with Crippen molar-refractivity contribution in [2.45, 2.75) is 32.0 Å². The summed E-state index contributed by atoms with van der Waals surface area (Å²) >= 11 is 6.17. The lowest BCUT2D eigenvalue weighted by molar-refractivity contribution is -0.142. The minimum absolute atomic E-state index is 0.139. The highest BCUT2D eigenvalue weighted by atomic mass is 35.5. The SMILES string of the molecule is C[C@@H]1CC[C@H](C(=O)N2CCN(c3ccncc3Cl)CC2)O1. The van der Waals surface area contributed by atoms with E-state index in [1.165, 1.54) is 0 Å². The number of anilines is 1. The van der Waals surface area contributed by atoms with Crippen molar-refractivity contribution in [2.24, 2.45) is 0 Å². The third-order valence-corrected chi connectivity index (χ3v) is 4.48. The Hall–Kier alpha value is -1.33. The highest BCUT2D eigenvalue weighted by molar-refractivity contribution is 6.33. The predicted octanol–water partition coefficient (Wildman–Crippen LogP) is 1.95. The van der Waals surface area contributed by atoms with Crippen LogP contribution in [0.3, 0.4) is 0 Å². The summed E-state index contributed by atoms with van der Waals surface area (Å²) < 4.78 is 5.67. The number of nitrogens with zero attached hydrogens (tertiary/aromatic N) is 3. The lowest BCUT2D eigenvalue weighted by Crippen LogP contribution is -2.51. The first kappa shape index (κ1) is 14.6. The maximum absolute atomic E-state index is 12.4. The van der Waals surface area contributed by atoms with Gasteiger partial charge in [-0.15, -0.1) is 0 Å². The van der Waals surface area contributed by atoms with E-state index < -0.39 is 0 Å². The van der Waals surface area contributed by atoms with Crippen molar-refractivity contribution < 1.29 is 9.53 Å². The molecule has 6 heteroatoms. The number of amides is 1. The highest BCUT2D eigenvalue weighted by Gasteiger charge is 2.33. The van der Waals surface area contributed by atoms with Crippen LogP contribution in [0.15, 0.2) is 18.5 Å². The van der Waals surface area contributed by atoms with Gasteiger partial charge in [0.15, 0.2) is 0 Å². The summed E-state index contributed by atoms with van der Waals surface area (Å²) in [5, 5.41) is 0.658. The Balaban J connectivity index is 1.58. The molecule has 3 rings (SSSR count). The number of halogens is 1. The van der Waals surface area contributed by atoms with Gasteiger partial charge in [0, 0.05) is 38.6 Å². The van der Waals surface area contributed by atoms with Crippen molar-refractivity contribution in [3.8, 4) is 0 Å². The molecule has 1 aromatic heterocycles. The van der Waals surface area contributed by atoms with E-state index in [0.29, 0.717) is 18.1 Å². The largest absolute Gasteiger partial charge is 0.367 e. The van der Waals surface area contributed by atoms with Gasteiger partial charge < -0.3 is 14.5 Å². The van der Waals surface area contributed by atoms with E-state index in [9.17, 15) is 4.79 Å². The molecule has 21 heavy (non-hydrogen) atoms. The molecule has 3 heterocycles. The predicted molar refractivity (Wildman–Crippen MR) is 81.6 cm³/mol. The number of hydrogen-bond donors (Lipinski definition) is 0. The van der Waals surface area contributed by atoms with Crippen molar-refractivity contribution in [1.82, 2.24) is 9.88 Å². The fraction of sp³-hybridized carbons (Fsp3) is 0.600. The van der Waals surface area contributed by atoms with Crippen LogP contribution in [0.4, 0.5) is 5.69 Å². The Bertz CT molecular complexity index is 517. The monoisotopic (exact) mass is 309 g/mol. The average Bonchev–Trinajstić information content (AvgIpc) is 2.94. The Morgan fingerprint density at radius 2 is 2.10 bits per heavy atom. The lowest BCUT2D eigenvalue weighted by atomic mass is 10.1. The van der Waals surface area contributed by atoms with Crippen molar-refractivity contribution >= 4 is 23.2 Å². The fourth-order valence-corrected chi connectivity index (χ4v) is 3.22. The molecule has 0 N–H and O–H groups in total. The molecule has 0 radical (unpaired) electrons. The molecule has 0 unspecified atom stereocenters. The first-order chi connectivity index (χ1) is 10.1. The molecular weight excluding hydrogens is 290 g/mol. The molecule has 2 fully saturated rings. The highest BCUT2D eigenvalue weighted by Crippen LogP contribution is 2.26. The summed E-state index contributed by atoms with van der Waals surface area (Å²) in [7, 11) is 0. The van der Waals surface area contributed by atoms with E-state index in [4.69, 9.17) is 16.3 Å². The number of ether oxygens (including phenoxy) is 1. The summed E-state index contributed by atoms with van der Waals surface area (Å²) in [6.45, 7) is 5.03. The van der Waals surface area contributed by atoms with Crippen LogP contribution in [-0.2, 0) is 9.53 Å². The van der Waals surface area contributed by atoms with E-state index in [2.05, 4.69) is 9.88 Å². The number of aromatic nitrogens is 1. The summed E-state index contributed by atoms with van der Waals surface area (Å²) in [6, 6.07) is 1.92. The van der Waals surface area contributed by atoms with E-state index in [1.807, 2.05) is 17.9 Å². The zero-order chi connectivity index (χ0) is 14.8. The van der Waals surface area contributed by atoms with Gasteiger partial charge in [0.25, 0.3) is 5.91 Å². The van der Waals surface area contributed by atoms with Gasteiger partial charge >= 0.3 is 0 Å². The van der Waals surface area contributed by atoms with Crippen molar-refractivity contribution in [3.05, 3.63) is 23.5 Å². The topological polar surface area (TPSA) is 45.7 Å². The third kappa shape index (κ3) is 3.14. The van der Waals surface area contributed by atoms with Gasteiger partial charge in [0.05, 0.1) is 16.8 Å². The first-order valence-corrected chi connectivity index (χ1v) is 7.81. The van der Waals surface area contributed by atoms with E-state index in [0.717, 1.165) is 31.6 Å². The zero-order valence-corrected chi connectivity index (χ0v) is 12.9. The number of rotatable bonds is 2. The van der Waals surface area contributed by atoms with Crippen LogP contribution in [0.2, 0.25) is 5.02 Å². The van der Waals surface area contributed by atoms with Gasteiger partial charge in [-0.3, -0.25) is 9.78 Å². The second-order valence-electron chi connectivity index (χ2n) is 5.65. The lowest BCUT2D eigenvalue weighted by Gasteiger charge is -2.37. The second-order valence-corrected chi connectivity index (χ2v) is 6.06. The molecule has 0 saturated carbocycles. The Morgan fingerprint density at radius 3 is 2.71 bits per heavy atom. The van der Waals surface area contributed by atoms with Crippen LogP contribution in [0.25, 0.3) is 0 Å². The maximum Gasteiger partial charge on any atom is 0.251 e. The van der Waals surface area contributed by atoms with Crippen LogP contribution >= 0.6 is 11.6 Å². The van der Waals surface area contributed by atoms with Gasteiger partial charge in [0.1, 0.15) is 6.10 Å². The quantitative estimate of drug-likeness (QED) is 0.838. The number of hydrogen-bond acceptors (Lipinski definition) is 4. The van der Waals surface area contributed by atoms with Crippen LogP contribution in [0.5, 0.6) is 0 Å². The van der Waals surface area contributed by atoms with Crippen LogP contribution in [0.1, 0.15) is 19.8 Å². The molecule has 0 aromatic carbocycles. The molecule has 5 nitrogen and oxygen atoms in total. The summed E-state index contributed by atoms with van der Waals surface area (Å²) in [5.41, 5.74) is 0.990. The van der Waals surface area contributed by atoms with E-state index in [-0.39, 0.29) is 18.1 Å². The summed E-state index contributed by atoms with van der Waals surface area (Å²) in [4.78, 5) is 20.5. The van der Waals surface area contributed by atoms with Crippen molar-refractivity contribution in [3.63, 3.8) is 0 Å². The summed E-state index contributed by atoms with van der Waals surface area (Å²) in [5.74, 6) is 0.139. The number of pyridine rings is 1. The Kier molecular flexibility index (Phi) is 4.31.